The van der Waals surface area contributed by atoms with Crippen LogP contribution in [0, 0.1) is 0 Å². The summed E-state index contributed by atoms with van der Waals surface area (Å²) in [6, 6.07) is 17.3. The average Bonchev–Trinajstić information content (AvgIpc) is 2.63. The van der Waals surface area contributed by atoms with Crippen molar-refractivity contribution in [2.75, 3.05) is 0 Å². The summed E-state index contributed by atoms with van der Waals surface area (Å²) in [5.74, 6) is -2.43. The Morgan fingerprint density at radius 2 is 1.36 bits per heavy atom. The van der Waals surface area contributed by atoms with Crippen LogP contribution >= 0.6 is 0 Å². The van der Waals surface area contributed by atoms with Gasteiger partial charge in [-0.1, -0.05) is 54.6 Å². The number of aliphatic carboxylic acids is 1. The molecule has 1 N–H and O–H groups in total. The lowest BCUT2D eigenvalue weighted by Gasteiger charge is -2.31. The van der Waals surface area contributed by atoms with E-state index in [1.165, 1.54) is 0 Å². The summed E-state index contributed by atoms with van der Waals surface area (Å²) < 4.78 is 0. The maximum atomic E-state index is 13.0. The molecule has 3 aromatic rings. The minimum atomic E-state index is -1.37. The molecule has 0 saturated heterocycles. The highest BCUT2D eigenvalue weighted by atomic mass is 16.4. The van der Waals surface area contributed by atoms with E-state index >= 15 is 0 Å². The number of carbonyl (C=O) groups is 3. The van der Waals surface area contributed by atoms with Gasteiger partial charge >= 0.3 is 5.97 Å². The van der Waals surface area contributed by atoms with Crippen LogP contribution in [-0.4, -0.2) is 27.8 Å². The number of benzene rings is 3. The number of carbonyl (C=O) groups excluding carboxylic acids is 2. The summed E-state index contributed by atoms with van der Waals surface area (Å²) in [4.78, 5) is 38.7. The highest BCUT2D eigenvalue weighted by Crippen LogP contribution is 2.34. The second-order valence-corrected chi connectivity index (χ2v) is 5.84. The van der Waals surface area contributed by atoms with Crippen LogP contribution < -0.4 is 0 Å². The van der Waals surface area contributed by atoms with Crippen LogP contribution in [0.4, 0.5) is 0 Å². The molecular formula is C20H13NO4. The Labute approximate surface area is 143 Å². The topological polar surface area (TPSA) is 74.7 Å². The van der Waals surface area contributed by atoms with Crippen LogP contribution in [-0.2, 0) is 4.79 Å². The normalized spacial score (nSPS) is 14.6. The van der Waals surface area contributed by atoms with Crippen molar-refractivity contribution in [3.05, 3.63) is 83.4 Å². The fraction of sp³-hybridized carbons (Fsp3) is 0.0500. The first kappa shape index (κ1) is 15.1. The molecule has 3 aromatic carbocycles. The van der Waals surface area contributed by atoms with Crippen molar-refractivity contribution in [1.82, 2.24) is 4.90 Å². The lowest BCUT2D eigenvalue weighted by atomic mass is 9.92. The van der Waals surface area contributed by atoms with E-state index in [4.69, 9.17) is 0 Å². The van der Waals surface area contributed by atoms with Crippen LogP contribution in [0.15, 0.2) is 66.7 Å². The SMILES string of the molecule is O=C(O)[C@H](c1ccccc1)N1C(=O)c2cccc3cccc(c23)C1=O. The highest BCUT2D eigenvalue weighted by molar-refractivity contribution is 6.26. The molecule has 1 aliphatic rings. The first-order valence-corrected chi connectivity index (χ1v) is 7.77. The predicted molar refractivity (Wildman–Crippen MR) is 91.3 cm³/mol. The molecule has 0 spiro atoms. The van der Waals surface area contributed by atoms with Gasteiger partial charge in [0.25, 0.3) is 11.8 Å². The minimum absolute atomic E-state index is 0.342. The van der Waals surface area contributed by atoms with Crippen molar-refractivity contribution in [3.8, 4) is 0 Å². The van der Waals surface area contributed by atoms with Gasteiger partial charge in [-0.3, -0.25) is 14.5 Å². The first-order chi connectivity index (χ1) is 12.1. The number of hydrogen-bond acceptors (Lipinski definition) is 3. The van der Waals surface area contributed by atoms with Gasteiger partial charge in [0, 0.05) is 16.5 Å². The number of carboxylic acids is 1. The van der Waals surface area contributed by atoms with Crippen molar-refractivity contribution in [3.63, 3.8) is 0 Å². The van der Waals surface area contributed by atoms with Gasteiger partial charge < -0.3 is 5.11 Å². The molecule has 2 amide bonds. The molecule has 0 fully saturated rings. The minimum Gasteiger partial charge on any atom is -0.479 e. The third-order valence-corrected chi connectivity index (χ3v) is 4.41. The van der Waals surface area contributed by atoms with Gasteiger partial charge in [0.2, 0.25) is 0 Å². The predicted octanol–water partition coefficient (Wildman–Crippen LogP) is 3.26. The average molecular weight is 331 g/mol. The Morgan fingerprint density at radius 1 is 0.800 bits per heavy atom. The third kappa shape index (κ3) is 2.21. The number of rotatable bonds is 3. The Kier molecular flexibility index (Phi) is 3.35. The molecule has 0 aliphatic carbocycles. The van der Waals surface area contributed by atoms with Crippen LogP contribution in [0.1, 0.15) is 32.3 Å². The molecular weight excluding hydrogens is 318 g/mol. The van der Waals surface area contributed by atoms with Gasteiger partial charge in [0.05, 0.1) is 0 Å². The van der Waals surface area contributed by atoms with E-state index in [9.17, 15) is 19.5 Å². The van der Waals surface area contributed by atoms with E-state index < -0.39 is 23.8 Å². The smallest absolute Gasteiger partial charge is 0.331 e. The summed E-state index contributed by atoms with van der Waals surface area (Å²) in [5, 5.41) is 11.1. The zero-order valence-corrected chi connectivity index (χ0v) is 13.0. The first-order valence-electron chi connectivity index (χ1n) is 7.77. The van der Waals surface area contributed by atoms with E-state index in [1.807, 2.05) is 12.1 Å². The van der Waals surface area contributed by atoms with Gasteiger partial charge in [-0.15, -0.1) is 0 Å². The van der Waals surface area contributed by atoms with Gasteiger partial charge in [0.15, 0.2) is 6.04 Å². The molecule has 25 heavy (non-hydrogen) atoms. The molecule has 0 bridgehead atoms. The Bertz CT molecular complexity index is 976. The van der Waals surface area contributed by atoms with Crippen LogP contribution in [0.2, 0.25) is 0 Å². The Hall–Kier alpha value is -3.47. The molecule has 122 valence electrons. The summed E-state index contributed by atoms with van der Waals surface area (Å²) in [7, 11) is 0. The third-order valence-electron chi connectivity index (χ3n) is 4.41. The van der Waals surface area contributed by atoms with E-state index in [0.717, 1.165) is 10.3 Å². The quantitative estimate of drug-likeness (QED) is 0.748. The lowest BCUT2D eigenvalue weighted by Crippen LogP contribution is -2.45. The largest absolute Gasteiger partial charge is 0.479 e. The fourth-order valence-corrected chi connectivity index (χ4v) is 3.32. The molecule has 0 aromatic heterocycles. The summed E-state index contributed by atoms with van der Waals surface area (Å²) >= 11 is 0. The van der Waals surface area contributed by atoms with E-state index in [2.05, 4.69) is 0 Å². The maximum Gasteiger partial charge on any atom is 0.331 e. The van der Waals surface area contributed by atoms with E-state index in [0.29, 0.717) is 22.1 Å². The highest BCUT2D eigenvalue weighted by Gasteiger charge is 2.41. The molecule has 1 atom stereocenters. The summed E-state index contributed by atoms with van der Waals surface area (Å²) in [6.07, 6.45) is 0. The van der Waals surface area contributed by atoms with E-state index in [-0.39, 0.29) is 0 Å². The van der Waals surface area contributed by atoms with Crippen LogP contribution in [0.3, 0.4) is 0 Å². The van der Waals surface area contributed by atoms with E-state index in [1.54, 1.807) is 54.6 Å². The number of amides is 2. The van der Waals surface area contributed by atoms with Crippen molar-refractivity contribution in [2.24, 2.45) is 0 Å². The zero-order valence-electron chi connectivity index (χ0n) is 13.0. The fourth-order valence-electron chi connectivity index (χ4n) is 3.32. The maximum absolute atomic E-state index is 13.0. The number of nitrogens with zero attached hydrogens (tertiary/aromatic N) is 1. The number of imide groups is 1. The Morgan fingerprint density at radius 3 is 1.88 bits per heavy atom. The molecule has 1 heterocycles. The molecule has 4 rings (SSSR count). The van der Waals surface area contributed by atoms with Gasteiger partial charge in [-0.25, -0.2) is 4.79 Å². The molecule has 5 nitrogen and oxygen atoms in total. The van der Waals surface area contributed by atoms with Gasteiger partial charge in [0.1, 0.15) is 0 Å². The molecule has 0 radical (unpaired) electrons. The molecule has 1 aliphatic heterocycles. The van der Waals surface area contributed by atoms with Crippen LogP contribution in [0.5, 0.6) is 0 Å². The molecule has 0 unspecified atom stereocenters. The van der Waals surface area contributed by atoms with Crippen LogP contribution in [0.25, 0.3) is 10.8 Å². The number of hydrogen-bond donors (Lipinski definition) is 1. The lowest BCUT2D eigenvalue weighted by molar-refractivity contribution is -0.141. The Balaban J connectivity index is 1.94. The van der Waals surface area contributed by atoms with Gasteiger partial charge in [-0.05, 0) is 23.1 Å². The number of carboxylic acid groups (broad SMARTS) is 1. The second-order valence-electron chi connectivity index (χ2n) is 5.84. The standard InChI is InChI=1S/C20H13NO4/c22-18-14-10-4-8-12-9-5-11-15(16(12)14)19(23)21(18)17(20(24)25)13-6-2-1-3-7-13/h1-11,17H,(H,24,25)/t17-/m0/s1. The molecule has 0 saturated carbocycles. The molecule has 5 heteroatoms. The van der Waals surface area contributed by atoms with Crippen molar-refractivity contribution < 1.29 is 19.5 Å². The summed E-state index contributed by atoms with van der Waals surface area (Å²) in [6.45, 7) is 0. The van der Waals surface area contributed by atoms with Crippen molar-refractivity contribution in [2.45, 2.75) is 6.04 Å². The summed E-state index contributed by atoms with van der Waals surface area (Å²) in [5.41, 5.74) is 1.06. The monoisotopic (exact) mass is 331 g/mol. The second kappa shape index (κ2) is 5.56. The zero-order chi connectivity index (χ0) is 17.6. The van der Waals surface area contributed by atoms with Gasteiger partial charge in [-0.2, -0.15) is 0 Å². The van der Waals surface area contributed by atoms with Crippen molar-refractivity contribution in [1.29, 1.82) is 0 Å². The van der Waals surface area contributed by atoms with Crippen molar-refractivity contribution >= 4 is 28.6 Å².